The van der Waals surface area contributed by atoms with Crippen molar-refractivity contribution in [3.05, 3.63) is 59.2 Å². The van der Waals surface area contributed by atoms with Crippen molar-refractivity contribution in [2.75, 3.05) is 32.8 Å². The number of piperazine rings is 1. The number of nitrogens with zero attached hydrogens (tertiary/aromatic N) is 2. The van der Waals surface area contributed by atoms with E-state index in [9.17, 15) is 4.79 Å². The summed E-state index contributed by atoms with van der Waals surface area (Å²) in [5.41, 5.74) is 3.22. The van der Waals surface area contributed by atoms with Gasteiger partial charge in [-0.05, 0) is 55.0 Å². The summed E-state index contributed by atoms with van der Waals surface area (Å²) in [6.07, 6.45) is 0.457. The quantitative estimate of drug-likeness (QED) is 0.830. The Morgan fingerprint density at radius 1 is 1.24 bits per heavy atom. The average Bonchev–Trinajstić information content (AvgIpc) is 3.22. The molecule has 150 valence electrons. The van der Waals surface area contributed by atoms with Gasteiger partial charge in [0.05, 0.1) is 44.4 Å². The lowest BCUT2D eigenvalue weighted by molar-refractivity contribution is -0.917. The molecule has 1 atom stereocenters. The molecule has 1 fully saturated rings. The Kier molecular flexibility index (Phi) is 5.68. The van der Waals surface area contributed by atoms with Gasteiger partial charge in [-0.25, -0.2) is 0 Å². The van der Waals surface area contributed by atoms with Crippen LogP contribution in [0.3, 0.4) is 0 Å². The minimum Gasteiger partial charge on any atom is -0.493 e. The number of carbonyl (C=O) groups excluding carboxylic acids is 1. The first-order valence-electron chi connectivity index (χ1n) is 10.2. The first-order valence-corrected chi connectivity index (χ1v) is 10.2. The van der Waals surface area contributed by atoms with E-state index in [0.717, 1.165) is 51.5 Å². The lowest BCUT2D eigenvalue weighted by Gasteiger charge is -2.33. The molecule has 2 aromatic rings. The van der Waals surface area contributed by atoms with Gasteiger partial charge < -0.3 is 19.3 Å². The number of amides is 1. The number of hydrogen-bond donors (Lipinski definition) is 1. The molecule has 6 heteroatoms. The summed E-state index contributed by atoms with van der Waals surface area (Å²) in [7, 11) is 0. The van der Waals surface area contributed by atoms with Crippen LogP contribution >= 0.6 is 0 Å². The van der Waals surface area contributed by atoms with Crippen molar-refractivity contribution in [1.82, 2.24) is 4.90 Å². The lowest BCUT2D eigenvalue weighted by Crippen LogP contribution is -3.13. The molecule has 2 aliphatic rings. The van der Waals surface area contributed by atoms with Crippen molar-refractivity contribution in [3.8, 4) is 17.6 Å². The molecule has 0 aliphatic carbocycles. The van der Waals surface area contributed by atoms with Crippen LogP contribution < -0.4 is 14.4 Å². The summed E-state index contributed by atoms with van der Waals surface area (Å²) >= 11 is 0. The van der Waals surface area contributed by atoms with Crippen LogP contribution in [0.5, 0.6) is 11.5 Å². The minimum absolute atomic E-state index is 0.0167. The molecular weight excluding hydrogens is 366 g/mol. The summed E-state index contributed by atoms with van der Waals surface area (Å²) in [5.74, 6) is 1.65. The van der Waals surface area contributed by atoms with Gasteiger partial charge in [0.25, 0.3) is 5.91 Å². The number of ether oxygens (including phenoxy) is 2. The highest BCUT2D eigenvalue weighted by Crippen LogP contribution is 2.25. The molecule has 0 spiro atoms. The van der Waals surface area contributed by atoms with Gasteiger partial charge in [-0.3, -0.25) is 4.79 Å². The zero-order valence-electron chi connectivity index (χ0n) is 16.7. The van der Waals surface area contributed by atoms with E-state index >= 15 is 0 Å². The molecule has 4 rings (SSSR count). The van der Waals surface area contributed by atoms with Crippen LogP contribution in [0.15, 0.2) is 42.5 Å². The molecule has 0 unspecified atom stereocenters. The Hall–Kier alpha value is -3.04. The predicted molar refractivity (Wildman–Crippen MR) is 108 cm³/mol. The van der Waals surface area contributed by atoms with E-state index in [1.807, 2.05) is 4.90 Å². The van der Waals surface area contributed by atoms with Crippen molar-refractivity contribution in [2.24, 2.45) is 0 Å². The van der Waals surface area contributed by atoms with Gasteiger partial charge in [0, 0.05) is 12.0 Å². The Balaban J connectivity index is 1.27. The minimum atomic E-state index is -0.541. The molecule has 2 heterocycles. The first kappa shape index (κ1) is 19.3. The predicted octanol–water partition coefficient (Wildman–Crippen LogP) is 1.19. The number of nitriles is 1. The van der Waals surface area contributed by atoms with Gasteiger partial charge in [0.2, 0.25) is 0 Å². The number of fused-ring (bicyclic) bond motifs is 1. The number of benzene rings is 2. The second-order valence-electron chi connectivity index (χ2n) is 7.69. The highest BCUT2D eigenvalue weighted by Gasteiger charge is 2.28. The highest BCUT2D eigenvalue weighted by molar-refractivity contribution is 5.81. The van der Waals surface area contributed by atoms with E-state index in [-0.39, 0.29) is 5.91 Å². The molecule has 2 aliphatic heterocycles. The van der Waals surface area contributed by atoms with Gasteiger partial charge in [-0.2, -0.15) is 5.26 Å². The second-order valence-corrected chi connectivity index (χ2v) is 7.69. The van der Waals surface area contributed by atoms with E-state index in [2.05, 4.69) is 24.3 Å². The molecule has 0 radical (unpaired) electrons. The number of nitrogens with one attached hydrogen (secondary N) is 1. The van der Waals surface area contributed by atoms with Crippen LogP contribution in [0.1, 0.15) is 23.6 Å². The Morgan fingerprint density at radius 2 is 2.00 bits per heavy atom. The molecule has 0 aromatic heterocycles. The van der Waals surface area contributed by atoms with Crippen LogP contribution in [-0.2, 0) is 17.8 Å². The molecule has 0 bridgehead atoms. The van der Waals surface area contributed by atoms with Crippen LogP contribution in [0.25, 0.3) is 0 Å². The molecule has 2 aromatic carbocycles. The van der Waals surface area contributed by atoms with Gasteiger partial charge in [-0.15, -0.1) is 0 Å². The number of carbonyl (C=O) groups is 1. The summed E-state index contributed by atoms with van der Waals surface area (Å²) < 4.78 is 11.4. The third-order valence-electron chi connectivity index (χ3n) is 5.63. The normalized spacial score (nSPS) is 17.2. The smallest absolute Gasteiger partial charge is 0.263 e. The average molecular weight is 392 g/mol. The van der Waals surface area contributed by atoms with Crippen LogP contribution in [-0.4, -0.2) is 49.7 Å². The molecule has 0 saturated carbocycles. The van der Waals surface area contributed by atoms with Gasteiger partial charge in [0.15, 0.2) is 6.10 Å². The standard InChI is InChI=1S/C23H25N3O3/c1-17(29-21-5-2-18(15-24)3-6-21)23(27)26-11-9-25(10-12-26)16-19-4-7-22-20(14-19)8-13-28-22/h2-7,14,17H,8-13,16H2,1H3/p+1/t17-/m0/s1. The molecule has 1 N–H and O–H groups in total. The van der Waals surface area contributed by atoms with Crippen LogP contribution in [0, 0.1) is 11.3 Å². The third kappa shape index (κ3) is 4.52. The summed E-state index contributed by atoms with van der Waals surface area (Å²) in [6.45, 7) is 6.90. The topological polar surface area (TPSA) is 67.0 Å². The SMILES string of the molecule is C[C@H](Oc1ccc(C#N)cc1)C(=O)N1CC[NH+](Cc2ccc3c(c2)CCO3)CC1. The fourth-order valence-corrected chi connectivity index (χ4v) is 3.98. The number of hydrogen-bond acceptors (Lipinski definition) is 4. The summed E-state index contributed by atoms with van der Waals surface area (Å²) in [5, 5.41) is 8.87. The number of rotatable bonds is 5. The maximum atomic E-state index is 12.7. The van der Waals surface area contributed by atoms with Crippen molar-refractivity contribution in [1.29, 1.82) is 5.26 Å². The fraction of sp³-hybridized carbons (Fsp3) is 0.391. The van der Waals surface area contributed by atoms with Crippen molar-refractivity contribution in [3.63, 3.8) is 0 Å². The zero-order chi connectivity index (χ0) is 20.2. The maximum absolute atomic E-state index is 12.7. The van der Waals surface area contributed by atoms with E-state index in [4.69, 9.17) is 14.7 Å². The van der Waals surface area contributed by atoms with E-state index in [1.54, 1.807) is 31.2 Å². The molecule has 29 heavy (non-hydrogen) atoms. The Bertz CT molecular complexity index is 912. The Labute approximate surface area is 171 Å². The molecule has 6 nitrogen and oxygen atoms in total. The molecular formula is C23H26N3O3+. The maximum Gasteiger partial charge on any atom is 0.263 e. The van der Waals surface area contributed by atoms with Crippen LogP contribution in [0.4, 0.5) is 0 Å². The zero-order valence-corrected chi connectivity index (χ0v) is 16.7. The van der Waals surface area contributed by atoms with Crippen molar-refractivity contribution in [2.45, 2.75) is 26.0 Å². The summed E-state index contributed by atoms with van der Waals surface area (Å²) in [4.78, 5) is 16.1. The van der Waals surface area contributed by atoms with E-state index < -0.39 is 6.10 Å². The van der Waals surface area contributed by atoms with Crippen molar-refractivity contribution < 1.29 is 19.2 Å². The fourth-order valence-electron chi connectivity index (χ4n) is 3.98. The highest BCUT2D eigenvalue weighted by atomic mass is 16.5. The van der Waals surface area contributed by atoms with Gasteiger partial charge in [0.1, 0.15) is 18.0 Å². The largest absolute Gasteiger partial charge is 0.493 e. The van der Waals surface area contributed by atoms with E-state index in [0.29, 0.717) is 11.3 Å². The lowest BCUT2D eigenvalue weighted by atomic mass is 10.1. The first-order chi connectivity index (χ1) is 14.1. The number of quaternary nitrogens is 1. The molecule has 1 saturated heterocycles. The second kappa shape index (κ2) is 8.54. The Morgan fingerprint density at radius 3 is 2.72 bits per heavy atom. The molecule has 1 amide bonds. The van der Waals surface area contributed by atoms with Crippen LogP contribution in [0.2, 0.25) is 0 Å². The summed E-state index contributed by atoms with van der Waals surface area (Å²) in [6, 6.07) is 15.4. The van der Waals surface area contributed by atoms with Gasteiger partial charge in [-0.1, -0.05) is 0 Å². The van der Waals surface area contributed by atoms with Gasteiger partial charge >= 0.3 is 0 Å². The van der Waals surface area contributed by atoms with Crippen molar-refractivity contribution >= 4 is 5.91 Å². The van der Waals surface area contributed by atoms with E-state index in [1.165, 1.54) is 16.0 Å². The monoisotopic (exact) mass is 392 g/mol. The third-order valence-corrected chi connectivity index (χ3v) is 5.63.